The number of ether oxygens (including phenoxy) is 2. The van der Waals surface area contributed by atoms with Crippen LogP contribution in [0.25, 0.3) is 0 Å². The fourth-order valence-electron chi connectivity index (χ4n) is 3.98. The van der Waals surface area contributed by atoms with E-state index in [-0.39, 0.29) is 5.60 Å². The highest BCUT2D eigenvalue weighted by atomic mass is 16.5. The molecule has 4 rings (SSSR count). The van der Waals surface area contributed by atoms with Gasteiger partial charge in [0.25, 0.3) is 0 Å². The second-order valence-corrected chi connectivity index (χ2v) is 7.04. The molecule has 2 aromatic heterocycles. The molecule has 0 amide bonds. The Bertz CT molecular complexity index is 754. The Morgan fingerprint density at radius 1 is 1.31 bits per heavy atom. The predicted octanol–water partition coefficient (Wildman–Crippen LogP) is 0.966. The maximum atomic E-state index is 6.24. The van der Waals surface area contributed by atoms with E-state index in [2.05, 4.69) is 24.4 Å². The van der Waals surface area contributed by atoms with E-state index in [0.29, 0.717) is 12.6 Å². The number of likely N-dealkylation sites (tertiary alicyclic amines) is 1. The van der Waals surface area contributed by atoms with Crippen LogP contribution < -0.4 is 5.73 Å². The van der Waals surface area contributed by atoms with Crippen molar-refractivity contribution < 1.29 is 9.47 Å². The Morgan fingerprint density at radius 3 is 2.96 bits per heavy atom. The summed E-state index contributed by atoms with van der Waals surface area (Å²) in [6, 6.07) is 0. The normalized spacial score (nSPS) is 19.6. The summed E-state index contributed by atoms with van der Waals surface area (Å²) in [4.78, 5) is 15.4. The monoisotopic (exact) mass is 358 g/mol. The molecule has 1 spiro atoms. The quantitative estimate of drug-likeness (QED) is 0.851. The topological polar surface area (TPSA) is 91.3 Å². The van der Waals surface area contributed by atoms with Crippen molar-refractivity contribution in [1.29, 1.82) is 0 Å². The van der Waals surface area contributed by atoms with E-state index in [4.69, 9.17) is 15.2 Å². The van der Waals surface area contributed by atoms with E-state index >= 15 is 0 Å². The highest BCUT2D eigenvalue weighted by molar-refractivity contribution is 5.32. The molecule has 2 aromatic rings. The molecule has 8 heteroatoms. The average Bonchev–Trinajstić information content (AvgIpc) is 3.10. The van der Waals surface area contributed by atoms with Crippen molar-refractivity contribution in [2.45, 2.75) is 38.0 Å². The Labute approximate surface area is 153 Å². The van der Waals surface area contributed by atoms with E-state index in [1.54, 1.807) is 7.11 Å². The smallest absolute Gasteiger partial charge is 0.220 e. The van der Waals surface area contributed by atoms with Gasteiger partial charge in [-0.1, -0.05) is 0 Å². The van der Waals surface area contributed by atoms with Crippen molar-refractivity contribution in [2.75, 3.05) is 39.1 Å². The predicted molar refractivity (Wildman–Crippen MR) is 96.4 cm³/mol. The second kappa shape index (κ2) is 7.30. The molecule has 2 N–H and O–H groups in total. The summed E-state index contributed by atoms with van der Waals surface area (Å²) in [6.45, 7) is 5.05. The molecule has 0 atom stereocenters. The first-order chi connectivity index (χ1) is 12.7. The fraction of sp³-hybridized carbons (Fsp3) is 0.611. The molecule has 0 aliphatic carbocycles. The minimum atomic E-state index is -0.308. The van der Waals surface area contributed by atoms with Gasteiger partial charge in [0.2, 0.25) is 5.95 Å². The molecule has 0 saturated carbocycles. The number of nitrogens with two attached hydrogens (primary N) is 1. The number of hydrogen-bond donors (Lipinski definition) is 1. The van der Waals surface area contributed by atoms with E-state index in [0.717, 1.165) is 57.7 Å². The first kappa shape index (κ1) is 17.4. The van der Waals surface area contributed by atoms with E-state index in [9.17, 15) is 0 Å². The molecule has 140 valence electrons. The van der Waals surface area contributed by atoms with Crippen molar-refractivity contribution in [2.24, 2.45) is 0 Å². The van der Waals surface area contributed by atoms with Gasteiger partial charge in [-0.3, -0.25) is 4.90 Å². The van der Waals surface area contributed by atoms with Crippen molar-refractivity contribution in [3.05, 3.63) is 35.7 Å². The number of aromatic nitrogens is 4. The number of nitrogens with zero attached hydrogens (tertiary/aromatic N) is 5. The van der Waals surface area contributed by atoms with Crippen molar-refractivity contribution in [3.63, 3.8) is 0 Å². The van der Waals surface area contributed by atoms with Gasteiger partial charge in [-0.25, -0.2) is 15.0 Å². The Balaban J connectivity index is 1.44. The van der Waals surface area contributed by atoms with Gasteiger partial charge in [-0.2, -0.15) is 0 Å². The Hall–Kier alpha value is -2.03. The number of methoxy groups -OCH3 is 1. The van der Waals surface area contributed by atoms with Gasteiger partial charge in [0, 0.05) is 45.7 Å². The lowest BCUT2D eigenvalue weighted by Crippen LogP contribution is -2.47. The van der Waals surface area contributed by atoms with Gasteiger partial charge in [0.15, 0.2) is 0 Å². The summed E-state index contributed by atoms with van der Waals surface area (Å²) in [5.41, 5.74) is 8.93. The summed E-state index contributed by atoms with van der Waals surface area (Å²) in [6.07, 6.45) is 8.38. The molecular weight excluding hydrogens is 332 g/mol. The van der Waals surface area contributed by atoms with Crippen LogP contribution in [0.1, 0.15) is 29.8 Å². The molecule has 0 bridgehead atoms. The maximum Gasteiger partial charge on any atom is 0.220 e. The zero-order valence-corrected chi connectivity index (χ0v) is 15.2. The minimum Gasteiger partial charge on any atom is -0.383 e. The van der Waals surface area contributed by atoms with E-state index < -0.39 is 0 Å². The molecule has 26 heavy (non-hydrogen) atoms. The Morgan fingerprint density at radius 2 is 2.15 bits per heavy atom. The first-order valence-corrected chi connectivity index (χ1v) is 9.16. The molecule has 1 fully saturated rings. The highest BCUT2D eigenvalue weighted by Gasteiger charge is 2.42. The first-order valence-electron chi connectivity index (χ1n) is 9.16. The summed E-state index contributed by atoms with van der Waals surface area (Å²) in [5.74, 6) is 0.332. The highest BCUT2D eigenvalue weighted by Crippen LogP contribution is 2.40. The molecule has 1 saturated heterocycles. The number of nitrogen functional groups attached to an aromatic ring is 1. The second-order valence-electron chi connectivity index (χ2n) is 7.04. The summed E-state index contributed by atoms with van der Waals surface area (Å²) >= 11 is 0. The number of anilines is 1. The number of piperidine rings is 1. The summed E-state index contributed by atoms with van der Waals surface area (Å²) in [7, 11) is 1.72. The summed E-state index contributed by atoms with van der Waals surface area (Å²) in [5, 5.41) is 0. The van der Waals surface area contributed by atoms with Gasteiger partial charge in [-0.05, 0) is 24.8 Å². The zero-order chi connectivity index (χ0) is 18.0. The molecule has 0 aromatic carbocycles. The Kier molecular flexibility index (Phi) is 4.88. The maximum absolute atomic E-state index is 6.24. The lowest BCUT2D eigenvalue weighted by atomic mass is 9.83. The van der Waals surface area contributed by atoms with Crippen LogP contribution in [0.2, 0.25) is 0 Å². The van der Waals surface area contributed by atoms with Gasteiger partial charge in [-0.15, -0.1) is 0 Å². The lowest BCUT2D eigenvalue weighted by molar-refractivity contribution is -0.102. The standard InChI is InChI=1S/C18H26N6O2/c1-25-9-7-24-13-20-11-15(24)12-23-5-3-18(4-6-23)16-14(2-8-26-18)10-21-17(19)22-16/h10-11,13H,2-9,12H2,1H3,(H2,19,21,22). The molecular formula is C18H26N6O2. The van der Waals surface area contributed by atoms with Crippen LogP contribution in [0.3, 0.4) is 0 Å². The summed E-state index contributed by atoms with van der Waals surface area (Å²) < 4.78 is 13.6. The number of hydrogen-bond acceptors (Lipinski definition) is 7. The van der Waals surface area contributed by atoms with Crippen LogP contribution in [0.5, 0.6) is 0 Å². The van der Waals surface area contributed by atoms with Crippen molar-refractivity contribution >= 4 is 5.95 Å². The van der Waals surface area contributed by atoms with Crippen LogP contribution in [-0.2, 0) is 34.6 Å². The average molecular weight is 358 g/mol. The van der Waals surface area contributed by atoms with Crippen LogP contribution in [-0.4, -0.2) is 57.8 Å². The molecule has 2 aliphatic heterocycles. The van der Waals surface area contributed by atoms with Crippen LogP contribution >= 0.6 is 0 Å². The third-order valence-corrected chi connectivity index (χ3v) is 5.45. The molecule has 2 aliphatic rings. The molecule has 0 unspecified atom stereocenters. The van der Waals surface area contributed by atoms with Crippen molar-refractivity contribution in [1.82, 2.24) is 24.4 Å². The van der Waals surface area contributed by atoms with Crippen molar-refractivity contribution in [3.8, 4) is 0 Å². The molecule has 0 radical (unpaired) electrons. The third-order valence-electron chi connectivity index (χ3n) is 5.45. The fourth-order valence-corrected chi connectivity index (χ4v) is 3.98. The van der Waals surface area contributed by atoms with Gasteiger partial charge in [0.05, 0.1) is 30.9 Å². The lowest BCUT2D eigenvalue weighted by Gasteiger charge is -2.44. The van der Waals surface area contributed by atoms with Crippen LogP contribution in [0.15, 0.2) is 18.7 Å². The number of rotatable bonds is 5. The van der Waals surface area contributed by atoms with Gasteiger partial charge in [0.1, 0.15) is 5.60 Å². The van der Waals surface area contributed by atoms with Gasteiger partial charge >= 0.3 is 0 Å². The van der Waals surface area contributed by atoms with Gasteiger partial charge < -0.3 is 19.8 Å². The third kappa shape index (κ3) is 3.32. The molecule has 8 nitrogen and oxygen atoms in total. The zero-order valence-electron chi connectivity index (χ0n) is 15.2. The SMILES string of the molecule is COCCn1cncc1CN1CCC2(CC1)OCCc1cnc(N)nc12. The minimum absolute atomic E-state index is 0.308. The molecule has 4 heterocycles. The number of fused-ring (bicyclic) bond motifs is 2. The van der Waals surface area contributed by atoms with E-state index in [1.165, 1.54) is 11.3 Å². The van der Waals surface area contributed by atoms with Crippen LogP contribution in [0, 0.1) is 0 Å². The number of imidazole rings is 1. The van der Waals surface area contributed by atoms with Crippen LogP contribution in [0.4, 0.5) is 5.95 Å². The largest absolute Gasteiger partial charge is 0.383 e. The van der Waals surface area contributed by atoms with E-state index in [1.807, 2.05) is 18.7 Å².